The minimum absolute atomic E-state index is 0.420. The van der Waals surface area contributed by atoms with Crippen LogP contribution in [0.15, 0.2) is 36.5 Å². The molecule has 0 amide bonds. The Morgan fingerprint density at radius 1 is 1.24 bits per heavy atom. The van der Waals surface area contributed by atoms with E-state index >= 15 is 0 Å². The Morgan fingerprint density at radius 3 is 2.84 bits per heavy atom. The van der Waals surface area contributed by atoms with Crippen LogP contribution in [0, 0.1) is 6.92 Å². The lowest BCUT2D eigenvalue weighted by Crippen LogP contribution is -2.27. The molecule has 0 bridgehead atoms. The standard InChI is InChI=1S/C21H24ClN3/c1-14(16-5-4-15(2)23-11-16)12-25-20-7-6-17(22)10-18(20)19-13-24(3)9-8-21(19)25/h4-7,10-11,14H,8-9,12-13H2,1-3H3/t14-/m0/s1. The van der Waals surface area contributed by atoms with Crippen LogP contribution in [-0.2, 0) is 19.5 Å². The Bertz CT molecular complexity index is 911. The van der Waals surface area contributed by atoms with Gasteiger partial charge in [-0.15, -0.1) is 0 Å². The SMILES string of the molecule is Cc1ccc([C@@H](C)Cn2c3c(c4cc(Cl)ccc42)CN(C)CC3)cn1. The van der Waals surface area contributed by atoms with Crippen LogP contribution >= 0.6 is 11.6 Å². The fourth-order valence-electron chi connectivity index (χ4n) is 3.92. The van der Waals surface area contributed by atoms with Crippen LogP contribution in [0.1, 0.15) is 35.4 Å². The van der Waals surface area contributed by atoms with Crippen LogP contribution in [0.4, 0.5) is 0 Å². The number of aryl methyl sites for hydroxylation is 1. The highest BCUT2D eigenvalue weighted by atomic mass is 35.5. The molecule has 0 aliphatic carbocycles. The van der Waals surface area contributed by atoms with Crippen LogP contribution in [0.2, 0.25) is 5.02 Å². The van der Waals surface area contributed by atoms with E-state index in [0.29, 0.717) is 5.92 Å². The van der Waals surface area contributed by atoms with Crippen molar-refractivity contribution in [3.05, 3.63) is 64.1 Å². The Kier molecular flexibility index (Phi) is 4.30. The summed E-state index contributed by atoms with van der Waals surface area (Å²) in [6.45, 7) is 7.40. The van der Waals surface area contributed by atoms with Gasteiger partial charge in [0.15, 0.2) is 0 Å². The first-order valence-electron chi connectivity index (χ1n) is 8.93. The lowest BCUT2D eigenvalue weighted by atomic mass is 10.0. The Balaban J connectivity index is 1.77. The number of hydrogen-bond acceptors (Lipinski definition) is 2. The van der Waals surface area contributed by atoms with Gasteiger partial charge in [0.2, 0.25) is 0 Å². The van der Waals surface area contributed by atoms with Crippen molar-refractivity contribution in [3.63, 3.8) is 0 Å². The monoisotopic (exact) mass is 353 g/mol. The Morgan fingerprint density at radius 2 is 2.08 bits per heavy atom. The molecule has 0 saturated heterocycles. The summed E-state index contributed by atoms with van der Waals surface area (Å²) >= 11 is 6.29. The number of benzene rings is 1. The van der Waals surface area contributed by atoms with Gasteiger partial charge in [0.05, 0.1) is 0 Å². The van der Waals surface area contributed by atoms with Crippen molar-refractivity contribution in [3.8, 4) is 0 Å². The van der Waals surface area contributed by atoms with Crippen molar-refractivity contribution < 1.29 is 0 Å². The Hall–Kier alpha value is -1.84. The van der Waals surface area contributed by atoms with Crippen LogP contribution in [0.3, 0.4) is 0 Å². The van der Waals surface area contributed by atoms with Crippen molar-refractivity contribution >= 4 is 22.5 Å². The number of fused-ring (bicyclic) bond motifs is 3. The van der Waals surface area contributed by atoms with E-state index in [1.54, 1.807) is 0 Å². The molecule has 2 aromatic heterocycles. The van der Waals surface area contributed by atoms with E-state index in [2.05, 4.69) is 52.7 Å². The molecule has 25 heavy (non-hydrogen) atoms. The molecule has 3 heterocycles. The van der Waals surface area contributed by atoms with Crippen LogP contribution < -0.4 is 0 Å². The van der Waals surface area contributed by atoms with Crippen molar-refractivity contribution in [2.45, 2.75) is 39.3 Å². The Labute approximate surface area is 154 Å². The maximum Gasteiger partial charge on any atom is 0.0487 e. The third-order valence-electron chi connectivity index (χ3n) is 5.37. The normalized spacial score (nSPS) is 16.2. The van der Waals surface area contributed by atoms with Crippen LogP contribution in [0.5, 0.6) is 0 Å². The van der Waals surface area contributed by atoms with E-state index in [0.717, 1.165) is 36.8 Å². The second-order valence-corrected chi connectivity index (χ2v) is 7.76. The molecule has 4 rings (SSSR count). The number of halogens is 1. The summed E-state index contributed by atoms with van der Waals surface area (Å²) < 4.78 is 2.51. The summed E-state index contributed by atoms with van der Waals surface area (Å²) in [5.41, 5.74) is 6.58. The van der Waals surface area contributed by atoms with Gasteiger partial charge in [0.1, 0.15) is 0 Å². The van der Waals surface area contributed by atoms with Crippen LogP contribution in [0.25, 0.3) is 10.9 Å². The zero-order valence-electron chi connectivity index (χ0n) is 15.1. The summed E-state index contributed by atoms with van der Waals surface area (Å²) in [5.74, 6) is 0.420. The molecule has 0 N–H and O–H groups in total. The van der Waals surface area contributed by atoms with Gasteiger partial charge in [-0.3, -0.25) is 4.98 Å². The highest BCUT2D eigenvalue weighted by Gasteiger charge is 2.23. The van der Waals surface area contributed by atoms with Crippen molar-refractivity contribution in [1.82, 2.24) is 14.5 Å². The smallest absolute Gasteiger partial charge is 0.0487 e. The van der Waals surface area contributed by atoms with Crippen LogP contribution in [-0.4, -0.2) is 28.0 Å². The van der Waals surface area contributed by atoms with E-state index in [4.69, 9.17) is 11.6 Å². The molecular formula is C21H24ClN3. The molecule has 0 spiro atoms. The lowest BCUT2D eigenvalue weighted by molar-refractivity contribution is 0.308. The molecule has 1 aromatic carbocycles. The van der Waals surface area contributed by atoms with Gasteiger partial charge >= 0.3 is 0 Å². The number of likely N-dealkylation sites (N-methyl/N-ethyl adjacent to an activating group) is 1. The van der Waals surface area contributed by atoms with Crippen molar-refractivity contribution in [2.24, 2.45) is 0 Å². The molecule has 0 fully saturated rings. The minimum Gasteiger partial charge on any atom is -0.344 e. The van der Waals surface area contributed by atoms with E-state index in [-0.39, 0.29) is 0 Å². The maximum absolute atomic E-state index is 6.29. The molecule has 0 saturated carbocycles. The average Bonchev–Trinajstić information content (AvgIpc) is 2.88. The molecule has 3 aromatic rings. The number of rotatable bonds is 3. The van der Waals surface area contributed by atoms with Gasteiger partial charge in [-0.25, -0.2) is 0 Å². The van der Waals surface area contributed by atoms with E-state index in [9.17, 15) is 0 Å². The van der Waals surface area contributed by atoms with Gasteiger partial charge in [-0.2, -0.15) is 0 Å². The summed E-state index contributed by atoms with van der Waals surface area (Å²) in [6, 6.07) is 10.6. The van der Waals surface area contributed by atoms with E-state index in [1.807, 2.05) is 19.2 Å². The molecule has 3 nitrogen and oxygen atoms in total. The first kappa shape index (κ1) is 16.6. The summed E-state index contributed by atoms with van der Waals surface area (Å²) in [4.78, 5) is 6.86. The second-order valence-electron chi connectivity index (χ2n) is 7.32. The fourth-order valence-corrected chi connectivity index (χ4v) is 4.09. The molecule has 0 unspecified atom stereocenters. The fraction of sp³-hybridized carbons (Fsp3) is 0.381. The van der Waals surface area contributed by atoms with Gasteiger partial charge in [-0.1, -0.05) is 24.6 Å². The number of pyridine rings is 1. The molecule has 1 aliphatic heterocycles. The van der Waals surface area contributed by atoms with E-state index in [1.165, 1.54) is 27.7 Å². The minimum atomic E-state index is 0.420. The second kappa shape index (κ2) is 6.47. The number of aromatic nitrogens is 2. The lowest BCUT2D eigenvalue weighted by Gasteiger charge is -2.25. The number of nitrogens with zero attached hydrogens (tertiary/aromatic N) is 3. The highest BCUT2D eigenvalue weighted by molar-refractivity contribution is 6.31. The van der Waals surface area contributed by atoms with Gasteiger partial charge in [-0.05, 0) is 49.4 Å². The third kappa shape index (κ3) is 3.07. The van der Waals surface area contributed by atoms with Crippen molar-refractivity contribution in [1.29, 1.82) is 0 Å². The highest BCUT2D eigenvalue weighted by Crippen LogP contribution is 2.34. The predicted octanol–water partition coefficient (Wildman–Crippen LogP) is 4.79. The third-order valence-corrected chi connectivity index (χ3v) is 5.60. The zero-order chi connectivity index (χ0) is 17.6. The summed E-state index contributed by atoms with van der Waals surface area (Å²) in [7, 11) is 2.19. The average molecular weight is 354 g/mol. The van der Waals surface area contributed by atoms with E-state index < -0.39 is 0 Å². The van der Waals surface area contributed by atoms with Crippen molar-refractivity contribution in [2.75, 3.05) is 13.6 Å². The molecule has 130 valence electrons. The van der Waals surface area contributed by atoms with Gasteiger partial charge in [0, 0.05) is 65.5 Å². The van der Waals surface area contributed by atoms with Gasteiger partial charge in [0.25, 0.3) is 0 Å². The molecular weight excluding hydrogens is 330 g/mol. The first-order valence-corrected chi connectivity index (χ1v) is 9.31. The predicted molar refractivity (Wildman–Crippen MR) is 104 cm³/mol. The first-order chi connectivity index (χ1) is 12.0. The van der Waals surface area contributed by atoms with Gasteiger partial charge < -0.3 is 9.47 Å². The quantitative estimate of drug-likeness (QED) is 0.675. The topological polar surface area (TPSA) is 21.1 Å². The molecule has 1 atom stereocenters. The zero-order valence-corrected chi connectivity index (χ0v) is 15.8. The largest absolute Gasteiger partial charge is 0.344 e. The molecule has 4 heteroatoms. The molecule has 1 aliphatic rings. The summed E-state index contributed by atoms with van der Waals surface area (Å²) in [6.07, 6.45) is 3.11. The summed E-state index contributed by atoms with van der Waals surface area (Å²) in [5, 5.41) is 2.12. The maximum atomic E-state index is 6.29. The molecule has 0 radical (unpaired) electrons. The number of hydrogen-bond donors (Lipinski definition) is 0.